The van der Waals surface area contributed by atoms with Crippen LogP contribution in [0.15, 0.2) is 6.20 Å². The largest absolute Gasteiger partial charge is 0.352 e. The van der Waals surface area contributed by atoms with Gasteiger partial charge < -0.3 is 11.1 Å². The molecule has 0 aliphatic rings. The first-order chi connectivity index (χ1) is 8.56. The zero-order chi connectivity index (χ0) is 13.5. The Balaban J connectivity index is 2.47. The second-order valence-corrected chi connectivity index (χ2v) is 4.61. The van der Waals surface area contributed by atoms with Crippen molar-refractivity contribution in [3.05, 3.63) is 11.9 Å². The summed E-state index contributed by atoms with van der Waals surface area (Å²) in [6, 6.07) is 0.0872. The maximum atomic E-state index is 11.7. The number of carbonyl (C=O) groups excluding carboxylic acids is 1. The molecule has 0 fully saturated rings. The number of aromatic nitrogens is 3. The van der Waals surface area contributed by atoms with E-state index in [1.807, 2.05) is 13.8 Å². The molecule has 2 atom stereocenters. The van der Waals surface area contributed by atoms with Crippen LogP contribution >= 0.6 is 0 Å². The van der Waals surface area contributed by atoms with Gasteiger partial charge in [0.2, 0.25) is 5.91 Å². The van der Waals surface area contributed by atoms with Crippen LogP contribution in [0.4, 0.5) is 0 Å². The van der Waals surface area contributed by atoms with E-state index in [4.69, 9.17) is 5.73 Å². The topological polar surface area (TPSA) is 85.8 Å². The molecular formula is C12H23N5O. The van der Waals surface area contributed by atoms with E-state index in [1.54, 1.807) is 6.20 Å². The number of amides is 1. The first-order valence-electron chi connectivity index (χ1n) is 6.51. The van der Waals surface area contributed by atoms with Crippen molar-refractivity contribution < 1.29 is 4.79 Å². The average molecular weight is 253 g/mol. The number of nitrogens with zero attached hydrogens (tertiary/aromatic N) is 3. The summed E-state index contributed by atoms with van der Waals surface area (Å²) in [4.78, 5) is 11.7. The Morgan fingerprint density at radius 1 is 1.56 bits per heavy atom. The molecule has 0 aromatic carbocycles. The van der Waals surface area contributed by atoms with Gasteiger partial charge in [0.05, 0.1) is 17.9 Å². The fourth-order valence-corrected chi connectivity index (χ4v) is 1.74. The lowest BCUT2D eigenvalue weighted by molar-refractivity contribution is -0.122. The second kappa shape index (κ2) is 7.10. The maximum absolute atomic E-state index is 11.7. The first-order valence-corrected chi connectivity index (χ1v) is 6.51. The van der Waals surface area contributed by atoms with Crippen LogP contribution in [-0.4, -0.2) is 26.9 Å². The van der Waals surface area contributed by atoms with Crippen LogP contribution in [0, 0.1) is 0 Å². The third-order valence-corrected chi connectivity index (χ3v) is 2.81. The lowest BCUT2D eigenvalue weighted by atomic mass is 10.2. The molecular weight excluding hydrogens is 230 g/mol. The summed E-state index contributed by atoms with van der Waals surface area (Å²) < 4.78 is 1.53. The van der Waals surface area contributed by atoms with Crippen molar-refractivity contribution in [1.82, 2.24) is 20.3 Å². The third-order valence-electron chi connectivity index (χ3n) is 2.81. The van der Waals surface area contributed by atoms with E-state index in [1.165, 1.54) is 4.68 Å². The quantitative estimate of drug-likeness (QED) is 0.759. The first kappa shape index (κ1) is 14.6. The van der Waals surface area contributed by atoms with Gasteiger partial charge in [0.25, 0.3) is 0 Å². The molecule has 0 bridgehead atoms. The second-order valence-electron chi connectivity index (χ2n) is 4.61. The van der Waals surface area contributed by atoms with Crippen LogP contribution in [0.1, 0.15) is 51.8 Å². The highest BCUT2D eigenvalue weighted by atomic mass is 16.2. The predicted octanol–water partition coefficient (Wildman–Crippen LogP) is 0.993. The molecule has 0 saturated heterocycles. The van der Waals surface area contributed by atoms with Gasteiger partial charge in [-0.3, -0.25) is 4.79 Å². The molecule has 2 unspecified atom stereocenters. The van der Waals surface area contributed by atoms with E-state index < -0.39 is 0 Å². The summed E-state index contributed by atoms with van der Waals surface area (Å²) in [6.45, 7) is 6.28. The van der Waals surface area contributed by atoms with Gasteiger partial charge in [0, 0.05) is 6.04 Å². The van der Waals surface area contributed by atoms with Crippen molar-refractivity contribution >= 4 is 5.91 Å². The van der Waals surface area contributed by atoms with Gasteiger partial charge in [-0.25, -0.2) is 4.68 Å². The van der Waals surface area contributed by atoms with Crippen LogP contribution in [0.2, 0.25) is 0 Å². The fourth-order valence-electron chi connectivity index (χ4n) is 1.74. The van der Waals surface area contributed by atoms with Crippen LogP contribution in [0.25, 0.3) is 0 Å². The SMILES string of the molecule is CCCC(C)NC(=O)Cn1cc(C(N)CC)nn1. The minimum atomic E-state index is -0.110. The molecule has 3 N–H and O–H groups in total. The summed E-state index contributed by atoms with van der Waals surface area (Å²) in [5, 5.41) is 10.8. The van der Waals surface area contributed by atoms with E-state index >= 15 is 0 Å². The Morgan fingerprint density at radius 3 is 2.89 bits per heavy atom. The van der Waals surface area contributed by atoms with Crippen LogP contribution < -0.4 is 11.1 Å². The molecule has 1 rings (SSSR count). The van der Waals surface area contributed by atoms with Crippen LogP contribution in [-0.2, 0) is 11.3 Å². The van der Waals surface area contributed by atoms with Crippen LogP contribution in [0.3, 0.4) is 0 Å². The van der Waals surface area contributed by atoms with Crippen molar-refractivity contribution in [3.8, 4) is 0 Å². The summed E-state index contributed by atoms with van der Waals surface area (Å²) in [6.07, 6.45) is 4.58. The van der Waals surface area contributed by atoms with Gasteiger partial charge in [0.1, 0.15) is 6.54 Å². The maximum Gasteiger partial charge on any atom is 0.242 e. The highest BCUT2D eigenvalue weighted by Gasteiger charge is 2.11. The van der Waals surface area contributed by atoms with Crippen molar-refractivity contribution in [1.29, 1.82) is 0 Å². The van der Waals surface area contributed by atoms with Gasteiger partial charge in [-0.2, -0.15) is 0 Å². The summed E-state index contributed by atoms with van der Waals surface area (Å²) >= 11 is 0. The van der Waals surface area contributed by atoms with Gasteiger partial charge >= 0.3 is 0 Å². The lowest BCUT2D eigenvalue weighted by Crippen LogP contribution is -2.35. The van der Waals surface area contributed by atoms with Crippen molar-refractivity contribution in [2.45, 2.75) is 58.7 Å². The van der Waals surface area contributed by atoms with Crippen molar-refractivity contribution in [2.75, 3.05) is 0 Å². The highest BCUT2D eigenvalue weighted by molar-refractivity contribution is 5.75. The molecule has 6 heteroatoms. The number of hydrogen-bond acceptors (Lipinski definition) is 4. The molecule has 0 aliphatic carbocycles. The van der Waals surface area contributed by atoms with Gasteiger partial charge in [0.15, 0.2) is 0 Å². The molecule has 102 valence electrons. The summed E-state index contributed by atoms with van der Waals surface area (Å²) in [7, 11) is 0. The van der Waals surface area contributed by atoms with Gasteiger partial charge in [-0.05, 0) is 19.8 Å². The molecule has 0 radical (unpaired) electrons. The third kappa shape index (κ3) is 4.44. The van der Waals surface area contributed by atoms with E-state index in [0.29, 0.717) is 0 Å². The zero-order valence-corrected chi connectivity index (χ0v) is 11.4. The predicted molar refractivity (Wildman–Crippen MR) is 69.8 cm³/mol. The van der Waals surface area contributed by atoms with E-state index in [2.05, 4.69) is 22.6 Å². The minimum absolute atomic E-state index is 0.0440. The molecule has 6 nitrogen and oxygen atoms in total. The fraction of sp³-hybridized carbons (Fsp3) is 0.750. The molecule has 18 heavy (non-hydrogen) atoms. The molecule has 1 aromatic rings. The normalized spacial score (nSPS) is 14.2. The Kier molecular flexibility index (Phi) is 5.77. The zero-order valence-electron chi connectivity index (χ0n) is 11.4. The Hall–Kier alpha value is -1.43. The van der Waals surface area contributed by atoms with E-state index in [9.17, 15) is 4.79 Å². The van der Waals surface area contributed by atoms with E-state index in [0.717, 1.165) is 25.0 Å². The summed E-state index contributed by atoms with van der Waals surface area (Å²) in [5.74, 6) is -0.0440. The number of nitrogens with two attached hydrogens (primary N) is 1. The molecule has 1 amide bonds. The minimum Gasteiger partial charge on any atom is -0.352 e. The molecule has 1 heterocycles. The number of hydrogen-bond donors (Lipinski definition) is 2. The Bertz CT molecular complexity index is 376. The average Bonchev–Trinajstić information content (AvgIpc) is 2.76. The highest BCUT2D eigenvalue weighted by Crippen LogP contribution is 2.08. The monoisotopic (exact) mass is 253 g/mol. The number of nitrogens with one attached hydrogen (secondary N) is 1. The number of carbonyl (C=O) groups is 1. The summed E-state index contributed by atoms with van der Waals surface area (Å²) in [5.41, 5.74) is 6.57. The standard InChI is InChI=1S/C12H23N5O/c1-4-6-9(3)14-12(18)8-17-7-11(15-16-17)10(13)5-2/h7,9-10H,4-6,8,13H2,1-3H3,(H,14,18). The lowest BCUT2D eigenvalue weighted by Gasteiger charge is -2.12. The van der Waals surface area contributed by atoms with Crippen molar-refractivity contribution in [3.63, 3.8) is 0 Å². The van der Waals surface area contributed by atoms with E-state index in [-0.39, 0.29) is 24.5 Å². The Morgan fingerprint density at radius 2 is 2.28 bits per heavy atom. The molecule has 1 aromatic heterocycles. The van der Waals surface area contributed by atoms with Gasteiger partial charge in [-0.15, -0.1) is 5.10 Å². The van der Waals surface area contributed by atoms with Gasteiger partial charge in [-0.1, -0.05) is 25.5 Å². The number of rotatable bonds is 7. The molecule has 0 aliphatic heterocycles. The van der Waals surface area contributed by atoms with Crippen LogP contribution in [0.5, 0.6) is 0 Å². The molecule has 0 saturated carbocycles. The smallest absolute Gasteiger partial charge is 0.242 e. The van der Waals surface area contributed by atoms with Crippen molar-refractivity contribution in [2.24, 2.45) is 5.73 Å². The Labute approximate surface area is 108 Å². The molecule has 0 spiro atoms.